The van der Waals surface area contributed by atoms with Gasteiger partial charge in [0.05, 0.1) is 27.4 Å². The fourth-order valence-electron chi connectivity index (χ4n) is 4.17. The summed E-state index contributed by atoms with van der Waals surface area (Å²) >= 11 is 0. The fourth-order valence-corrected chi connectivity index (χ4v) is 4.17. The Bertz CT molecular complexity index is 927. The SMILES string of the molecule is COc1ccc(C2c3cccn3CCCN2Cc2cc(OC)cc(OC)c2)cc1. The van der Waals surface area contributed by atoms with Crippen LogP contribution in [-0.2, 0) is 13.1 Å². The van der Waals surface area contributed by atoms with Crippen LogP contribution in [0, 0.1) is 0 Å². The lowest BCUT2D eigenvalue weighted by molar-refractivity contribution is 0.219. The molecule has 5 nitrogen and oxygen atoms in total. The Morgan fingerprint density at radius 2 is 1.52 bits per heavy atom. The molecular weight excluding hydrogens is 364 g/mol. The molecule has 5 heteroatoms. The molecule has 2 aromatic carbocycles. The van der Waals surface area contributed by atoms with E-state index in [1.54, 1.807) is 21.3 Å². The molecule has 1 aliphatic heterocycles. The van der Waals surface area contributed by atoms with Gasteiger partial charge < -0.3 is 18.8 Å². The average Bonchev–Trinajstić information content (AvgIpc) is 3.15. The summed E-state index contributed by atoms with van der Waals surface area (Å²) in [5.74, 6) is 2.51. The van der Waals surface area contributed by atoms with Gasteiger partial charge in [0.15, 0.2) is 0 Å². The van der Waals surface area contributed by atoms with E-state index in [9.17, 15) is 0 Å². The zero-order valence-corrected chi connectivity index (χ0v) is 17.3. The van der Waals surface area contributed by atoms with Crippen LogP contribution >= 0.6 is 0 Å². The predicted octanol–water partition coefficient (Wildman–Crippen LogP) is 4.51. The first-order valence-corrected chi connectivity index (χ1v) is 9.97. The van der Waals surface area contributed by atoms with Gasteiger partial charge >= 0.3 is 0 Å². The number of fused-ring (bicyclic) bond motifs is 1. The second-order valence-electron chi connectivity index (χ2n) is 7.35. The van der Waals surface area contributed by atoms with Gasteiger partial charge in [-0.2, -0.15) is 0 Å². The van der Waals surface area contributed by atoms with Gasteiger partial charge in [-0.1, -0.05) is 12.1 Å². The van der Waals surface area contributed by atoms with Crippen molar-refractivity contribution in [3.8, 4) is 17.2 Å². The van der Waals surface area contributed by atoms with Crippen molar-refractivity contribution < 1.29 is 14.2 Å². The van der Waals surface area contributed by atoms with Crippen molar-refractivity contribution in [1.29, 1.82) is 0 Å². The Morgan fingerprint density at radius 3 is 2.17 bits per heavy atom. The van der Waals surface area contributed by atoms with Crippen molar-refractivity contribution >= 4 is 0 Å². The highest BCUT2D eigenvalue weighted by Gasteiger charge is 2.27. The van der Waals surface area contributed by atoms with Crippen LogP contribution in [0.5, 0.6) is 17.2 Å². The van der Waals surface area contributed by atoms with Crippen LogP contribution < -0.4 is 14.2 Å². The lowest BCUT2D eigenvalue weighted by Gasteiger charge is -2.31. The zero-order chi connectivity index (χ0) is 20.2. The van der Waals surface area contributed by atoms with Crippen molar-refractivity contribution in [3.05, 3.63) is 77.6 Å². The van der Waals surface area contributed by atoms with Gasteiger partial charge in [0.1, 0.15) is 17.2 Å². The lowest BCUT2D eigenvalue weighted by atomic mass is 10.0. The van der Waals surface area contributed by atoms with Gasteiger partial charge in [-0.05, 0) is 53.9 Å². The number of hydrogen-bond acceptors (Lipinski definition) is 4. The lowest BCUT2D eigenvalue weighted by Crippen LogP contribution is -2.29. The van der Waals surface area contributed by atoms with E-state index in [4.69, 9.17) is 14.2 Å². The molecule has 2 heterocycles. The first kappa shape index (κ1) is 19.4. The molecule has 0 fully saturated rings. The highest BCUT2D eigenvalue weighted by atomic mass is 16.5. The van der Waals surface area contributed by atoms with E-state index in [0.29, 0.717) is 0 Å². The van der Waals surface area contributed by atoms with Crippen LogP contribution in [0.15, 0.2) is 60.8 Å². The van der Waals surface area contributed by atoms with Crippen LogP contribution in [0.25, 0.3) is 0 Å². The third-order valence-electron chi connectivity index (χ3n) is 5.58. The Kier molecular flexibility index (Phi) is 5.76. The number of aryl methyl sites for hydroxylation is 1. The predicted molar refractivity (Wildman–Crippen MR) is 114 cm³/mol. The molecule has 152 valence electrons. The van der Waals surface area contributed by atoms with E-state index in [0.717, 1.165) is 43.3 Å². The molecule has 1 unspecified atom stereocenters. The minimum Gasteiger partial charge on any atom is -0.497 e. The molecule has 0 radical (unpaired) electrons. The summed E-state index contributed by atoms with van der Waals surface area (Å²) < 4.78 is 18.7. The molecule has 0 saturated carbocycles. The summed E-state index contributed by atoms with van der Waals surface area (Å²) in [5, 5.41) is 0. The van der Waals surface area contributed by atoms with Gasteiger partial charge in [-0.3, -0.25) is 4.90 Å². The third-order valence-corrected chi connectivity index (χ3v) is 5.58. The second kappa shape index (κ2) is 8.62. The molecule has 0 bridgehead atoms. The molecule has 0 amide bonds. The van der Waals surface area contributed by atoms with Gasteiger partial charge in [-0.25, -0.2) is 0 Å². The number of ether oxygens (including phenoxy) is 3. The average molecular weight is 392 g/mol. The van der Waals surface area contributed by atoms with E-state index in [2.05, 4.69) is 52.1 Å². The summed E-state index contributed by atoms with van der Waals surface area (Å²) in [6.07, 6.45) is 3.29. The maximum atomic E-state index is 5.48. The van der Waals surface area contributed by atoms with Crippen molar-refractivity contribution in [2.75, 3.05) is 27.9 Å². The first-order chi connectivity index (χ1) is 14.2. The molecule has 1 aromatic heterocycles. The summed E-state index contributed by atoms with van der Waals surface area (Å²) in [7, 11) is 5.09. The Balaban J connectivity index is 1.72. The highest BCUT2D eigenvalue weighted by molar-refractivity contribution is 5.39. The van der Waals surface area contributed by atoms with Gasteiger partial charge in [0.2, 0.25) is 0 Å². The number of rotatable bonds is 6. The first-order valence-electron chi connectivity index (χ1n) is 9.97. The van der Waals surface area contributed by atoms with Crippen molar-refractivity contribution in [3.63, 3.8) is 0 Å². The molecule has 3 aromatic rings. The number of benzene rings is 2. The van der Waals surface area contributed by atoms with E-state index >= 15 is 0 Å². The fraction of sp³-hybridized carbons (Fsp3) is 0.333. The third kappa shape index (κ3) is 4.10. The molecule has 0 N–H and O–H groups in total. The minimum atomic E-state index is 0.176. The van der Waals surface area contributed by atoms with E-state index in [-0.39, 0.29) is 6.04 Å². The quantitative estimate of drug-likeness (QED) is 0.618. The molecule has 1 aliphatic rings. The molecule has 0 aliphatic carbocycles. The number of hydrogen-bond donors (Lipinski definition) is 0. The number of nitrogens with zero attached hydrogens (tertiary/aromatic N) is 2. The summed E-state index contributed by atoms with van der Waals surface area (Å²) in [5.41, 5.74) is 3.77. The van der Waals surface area contributed by atoms with Gasteiger partial charge in [-0.15, -0.1) is 0 Å². The maximum Gasteiger partial charge on any atom is 0.122 e. The standard InChI is InChI=1S/C24H28N2O3/c1-27-20-9-7-19(8-10-20)24-23-6-4-11-25(23)12-5-13-26(24)17-18-14-21(28-2)16-22(15-18)29-3/h4,6-11,14-16,24H,5,12-13,17H2,1-3H3. The topological polar surface area (TPSA) is 35.9 Å². The number of methoxy groups -OCH3 is 3. The van der Waals surface area contributed by atoms with Crippen LogP contribution in [0.3, 0.4) is 0 Å². The van der Waals surface area contributed by atoms with Crippen LogP contribution in [0.1, 0.15) is 29.3 Å². The van der Waals surface area contributed by atoms with Crippen molar-refractivity contribution in [2.45, 2.75) is 25.6 Å². The summed E-state index contributed by atoms with van der Waals surface area (Å²) in [6.45, 7) is 2.86. The number of aromatic nitrogens is 1. The largest absolute Gasteiger partial charge is 0.497 e. The van der Waals surface area contributed by atoms with Crippen LogP contribution in [0.2, 0.25) is 0 Å². The van der Waals surface area contributed by atoms with Gasteiger partial charge in [0, 0.05) is 37.6 Å². The van der Waals surface area contributed by atoms with E-state index in [1.165, 1.54) is 16.8 Å². The Morgan fingerprint density at radius 1 is 0.828 bits per heavy atom. The molecule has 0 saturated heterocycles. The van der Waals surface area contributed by atoms with Crippen molar-refractivity contribution in [1.82, 2.24) is 9.47 Å². The molecule has 0 spiro atoms. The molecular formula is C24H28N2O3. The maximum absolute atomic E-state index is 5.48. The minimum absolute atomic E-state index is 0.176. The van der Waals surface area contributed by atoms with Crippen LogP contribution in [0.4, 0.5) is 0 Å². The summed E-state index contributed by atoms with van der Waals surface area (Å²) in [4.78, 5) is 2.54. The van der Waals surface area contributed by atoms with Crippen LogP contribution in [-0.4, -0.2) is 37.3 Å². The highest BCUT2D eigenvalue weighted by Crippen LogP contribution is 2.34. The Labute approximate surface area is 172 Å². The molecule has 1 atom stereocenters. The van der Waals surface area contributed by atoms with E-state index in [1.807, 2.05) is 18.2 Å². The molecule has 29 heavy (non-hydrogen) atoms. The second-order valence-corrected chi connectivity index (χ2v) is 7.35. The van der Waals surface area contributed by atoms with E-state index < -0.39 is 0 Å². The van der Waals surface area contributed by atoms with Gasteiger partial charge in [0.25, 0.3) is 0 Å². The zero-order valence-electron chi connectivity index (χ0n) is 17.3. The monoisotopic (exact) mass is 392 g/mol. The molecule has 4 rings (SSSR count). The smallest absolute Gasteiger partial charge is 0.122 e. The normalized spacial score (nSPS) is 16.7. The summed E-state index contributed by atoms with van der Waals surface area (Å²) in [6, 6.07) is 19.1. The van der Waals surface area contributed by atoms with Crippen molar-refractivity contribution in [2.24, 2.45) is 0 Å². The Hall–Kier alpha value is -2.92.